The van der Waals surface area contributed by atoms with Crippen molar-refractivity contribution in [3.63, 3.8) is 0 Å². The van der Waals surface area contributed by atoms with Gasteiger partial charge in [-0.05, 0) is 43.9 Å². The summed E-state index contributed by atoms with van der Waals surface area (Å²) >= 11 is 0. The van der Waals surface area contributed by atoms with Gasteiger partial charge in [0.05, 0.1) is 19.6 Å². The van der Waals surface area contributed by atoms with Gasteiger partial charge in [-0.1, -0.05) is 130 Å². The molecule has 2 amide bonds. The molecule has 0 aliphatic rings. The molecule has 0 unspecified atom stereocenters. The van der Waals surface area contributed by atoms with Crippen LogP contribution < -0.4 is 10.6 Å². The molecular weight excluding hydrogens is 584 g/mol. The molecule has 0 spiro atoms. The lowest BCUT2D eigenvalue weighted by molar-refractivity contribution is -0.150. The first-order chi connectivity index (χ1) is 22.0. The van der Waals surface area contributed by atoms with Crippen LogP contribution in [0.15, 0.2) is 12.2 Å². The first-order valence-electron chi connectivity index (χ1n) is 18.3. The number of allylic oxidation sites excluding steroid dienone is 2. The van der Waals surface area contributed by atoms with E-state index in [1.807, 2.05) is 6.08 Å². The average molecular weight is 653 g/mol. The zero-order valence-corrected chi connectivity index (χ0v) is 29.7. The fraction of sp³-hybridized carbons (Fsp3) is 0.838. The van der Waals surface area contributed by atoms with E-state index in [0.717, 1.165) is 43.9 Å². The van der Waals surface area contributed by atoms with Gasteiger partial charge < -0.3 is 25.6 Å². The van der Waals surface area contributed by atoms with Crippen LogP contribution in [0.4, 0.5) is 0 Å². The lowest BCUT2D eigenvalue weighted by atomic mass is 10.0. The number of esters is 1. The topological polar surface area (TPSA) is 142 Å². The molecule has 0 aromatic heterocycles. The first-order valence-corrected chi connectivity index (χ1v) is 18.3. The number of aliphatic hydroxyl groups is 1. The lowest BCUT2D eigenvalue weighted by Crippen LogP contribution is -2.47. The predicted octanol–water partition coefficient (Wildman–Crippen LogP) is 7.64. The van der Waals surface area contributed by atoms with Crippen molar-refractivity contribution in [1.29, 1.82) is 0 Å². The molecule has 4 N–H and O–H groups in total. The maximum Gasteiger partial charge on any atom is 0.328 e. The Bertz CT molecular complexity index is 829. The highest BCUT2D eigenvalue weighted by molar-refractivity contribution is 5.88. The van der Waals surface area contributed by atoms with Crippen molar-refractivity contribution in [2.75, 3.05) is 13.2 Å². The standard InChI is InChI=1S/C37H68N2O7/c1-30(2)23-19-15-11-7-5-9-13-17-21-25-32(27-34(41)38-28-35(42)39-33(29-40)37(44)45)46-36(43)26-22-18-14-10-6-8-12-16-20-24-31(3)4/h14,18,30-33,40H,5-13,15-17,19-29H2,1-4H3,(H,38,41)(H,39,42)(H,44,45)/b18-14-/t32-,33-/m1/s1. The van der Waals surface area contributed by atoms with E-state index in [1.54, 1.807) is 0 Å². The number of ether oxygens (including phenoxy) is 1. The van der Waals surface area contributed by atoms with E-state index in [0.29, 0.717) is 12.8 Å². The van der Waals surface area contributed by atoms with Gasteiger partial charge in [0.1, 0.15) is 12.1 Å². The molecule has 0 aromatic carbocycles. The number of aliphatic carboxylic acids is 1. The molecule has 9 heteroatoms. The average Bonchev–Trinajstić information content (AvgIpc) is 2.99. The highest BCUT2D eigenvalue weighted by atomic mass is 16.5. The van der Waals surface area contributed by atoms with Gasteiger partial charge in [0.25, 0.3) is 0 Å². The Labute approximate surface area is 280 Å². The number of aliphatic hydroxyl groups excluding tert-OH is 1. The number of carboxylic acid groups (broad SMARTS) is 1. The summed E-state index contributed by atoms with van der Waals surface area (Å²) in [6.45, 7) is 7.89. The predicted molar refractivity (Wildman–Crippen MR) is 185 cm³/mol. The Kier molecular flexibility index (Phi) is 28.4. The second kappa shape index (κ2) is 29.9. The highest BCUT2D eigenvalue weighted by Crippen LogP contribution is 2.16. The van der Waals surface area contributed by atoms with Crippen molar-refractivity contribution in [1.82, 2.24) is 10.6 Å². The van der Waals surface area contributed by atoms with Crippen molar-refractivity contribution >= 4 is 23.8 Å². The summed E-state index contributed by atoms with van der Waals surface area (Å²) in [5, 5.41) is 22.6. The number of carbonyl (C=O) groups is 4. The third-order valence-corrected chi connectivity index (χ3v) is 8.11. The minimum Gasteiger partial charge on any atom is -0.480 e. The maximum atomic E-state index is 12.6. The third-order valence-electron chi connectivity index (χ3n) is 8.11. The van der Waals surface area contributed by atoms with E-state index in [1.165, 1.54) is 77.0 Å². The van der Waals surface area contributed by atoms with Gasteiger partial charge >= 0.3 is 11.9 Å². The fourth-order valence-electron chi connectivity index (χ4n) is 5.28. The van der Waals surface area contributed by atoms with Gasteiger partial charge in [0.2, 0.25) is 11.8 Å². The molecule has 46 heavy (non-hydrogen) atoms. The summed E-state index contributed by atoms with van der Waals surface area (Å²) in [5.41, 5.74) is 0. The van der Waals surface area contributed by atoms with Gasteiger partial charge in [-0.3, -0.25) is 14.4 Å². The van der Waals surface area contributed by atoms with Crippen molar-refractivity contribution in [3.8, 4) is 0 Å². The van der Waals surface area contributed by atoms with E-state index in [-0.39, 0.29) is 18.8 Å². The number of carboxylic acids is 1. The molecule has 2 atom stereocenters. The van der Waals surface area contributed by atoms with Crippen LogP contribution in [-0.4, -0.2) is 59.3 Å². The molecule has 0 bridgehead atoms. The SMILES string of the molecule is CC(C)CCCCCCC/C=C\CCC(=O)O[C@H](CCCCCCCCCCCC(C)C)CC(=O)NCC(=O)N[C@H](CO)C(=O)O. The Morgan fingerprint density at radius 1 is 0.652 bits per heavy atom. The van der Waals surface area contributed by atoms with Gasteiger partial charge in [-0.25, -0.2) is 4.79 Å². The summed E-state index contributed by atoms with van der Waals surface area (Å²) in [5.74, 6) is -1.31. The molecule has 0 aliphatic heterocycles. The Morgan fingerprint density at radius 2 is 1.13 bits per heavy atom. The Morgan fingerprint density at radius 3 is 1.63 bits per heavy atom. The first kappa shape index (κ1) is 43.6. The smallest absolute Gasteiger partial charge is 0.328 e. The molecule has 0 saturated heterocycles. The number of amides is 2. The summed E-state index contributed by atoms with van der Waals surface area (Å²) in [4.78, 5) is 48.1. The molecule has 0 saturated carbocycles. The molecular formula is C37H68N2O7. The van der Waals surface area contributed by atoms with E-state index < -0.39 is 43.1 Å². The number of rotatable bonds is 31. The van der Waals surface area contributed by atoms with Gasteiger partial charge in [0.15, 0.2) is 0 Å². The Balaban J connectivity index is 4.50. The monoisotopic (exact) mass is 653 g/mol. The fourth-order valence-corrected chi connectivity index (χ4v) is 5.28. The number of nitrogens with one attached hydrogen (secondary N) is 2. The minimum atomic E-state index is -1.43. The zero-order valence-electron chi connectivity index (χ0n) is 29.7. The molecule has 0 aliphatic carbocycles. The van der Waals surface area contributed by atoms with E-state index in [2.05, 4.69) is 44.4 Å². The van der Waals surface area contributed by atoms with E-state index >= 15 is 0 Å². The summed E-state index contributed by atoms with van der Waals surface area (Å²) in [7, 11) is 0. The summed E-state index contributed by atoms with van der Waals surface area (Å²) < 4.78 is 5.70. The van der Waals surface area contributed by atoms with Crippen LogP contribution in [0, 0.1) is 11.8 Å². The molecule has 0 radical (unpaired) electrons. The van der Waals surface area contributed by atoms with Crippen LogP contribution in [0.25, 0.3) is 0 Å². The van der Waals surface area contributed by atoms with Gasteiger partial charge in [0, 0.05) is 6.42 Å². The molecule has 9 nitrogen and oxygen atoms in total. The number of hydrogen-bond acceptors (Lipinski definition) is 6. The van der Waals surface area contributed by atoms with Crippen LogP contribution in [0.3, 0.4) is 0 Å². The largest absolute Gasteiger partial charge is 0.480 e. The summed E-state index contributed by atoms with van der Waals surface area (Å²) in [6, 6.07) is -1.43. The lowest BCUT2D eigenvalue weighted by Gasteiger charge is -2.18. The highest BCUT2D eigenvalue weighted by Gasteiger charge is 2.21. The van der Waals surface area contributed by atoms with Crippen molar-refractivity contribution in [2.45, 2.75) is 175 Å². The van der Waals surface area contributed by atoms with Crippen molar-refractivity contribution in [2.24, 2.45) is 11.8 Å². The number of unbranched alkanes of at least 4 members (excludes halogenated alkanes) is 13. The van der Waals surface area contributed by atoms with E-state index in [4.69, 9.17) is 14.9 Å². The van der Waals surface area contributed by atoms with E-state index in [9.17, 15) is 19.2 Å². The second-order valence-corrected chi connectivity index (χ2v) is 13.6. The van der Waals surface area contributed by atoms with Gasteiger partial charge in [-0.15, -0.1) is 0 Å². The van der Waals surface area contributed by atoms with Crippen molar-refractivity contribution < 1.29 is 34.1 Å². The van der Waals surface area contributed by atoms with Crippen LogP contribution in [0.5, 0.6) is 0 Å². The zero-order chi connectivity index (χ0) is 34.4. The molecule has 0 aromatic rings. The van der Waals surface area contributed by atoms with Crippen LogP contribution in [-0.2, 0) is 23.9 Å². The van der Waals surface area contributed by atoms with Crippen molar-refractivity contribution in [3.05, 3.63) is 12.2 Å². The third kappa shape index (κ3) is 29.0. The number of hydrogen-bond donors (Lipinski definition) is 4. The molecule has 0 heterocycles. The van der Waals surface area contributed by atoms with Crippen LogP contribution >= 0.6 is 0 Å². The normalized spacial score (nSPS) is 12.8. The van der Waals surface area contributed by atoms with Crippen LogP contribution in [0.2, 0.25) is 0 Å². The number of carbonyl (C=O) groups excluding carboxylic acids is 3. The maximum absolute atomic E-state index is 12.6. The molecule has 0 fully saturated rings. The van der Waals surface area contributed by atoms with Gasteiger partial charge in [-0.2, -0.15) is 0 Å². The Hall–Kier alpha value is -2.42. The molecule has 268 valence electrons. The van der Waals surface area contributed by atoms with Crippen LogP contribution in [0.1, 0.15) is 163 Å². The quantitative estimate of drug-likeness (QED) is 0.0343. The summed E-state index contributed by atoms with van der Waals surface area (Å²) in [6.07, 6.45) is 25.4. The second-order valence-electron chi connectivity index (χ2n) is 13.6. The molecule has 0 rings (SSSR count). The minimum absolute atomic E-state index is 0.0647.